The fraction of sp³-hybridized carbons (Fsp3) is 0.611. The second-order valence-corrected chi connectivity index (χ2v) is 6.31. The maximum atomic E-state index is 12.2. The van der Waals surface area contributed by atoms with Crippen LogP contribution in [0.1, 0.15) is 19.4 Å². The molecule has 134 valence electrons. The molecule has 1 aromatic carbocycles. The number of benzene rings is 1. The number of hydrogen-bond acceptors (Lipinski definition) is 4. The van der Waals surface area contributed by atoms with Gasteiger partial charge in [-0.05, 0) is 31.9 Å². The first kappa shape index (κ1) is 18.5. The van der Waals surface area contributed by atoms with E-state index in [9.17, 15) is 4.79 Å². The van der Waals surface area contributed by atoms with Gasteiger partial charge in [0.2, 0.25) is 0 Å². The van der Waals surface area contributed by atoms with E-state index < -0.39 is 0 Å². The zero-order valence-electron chi connectivity index (χ0n) is 14.7. The number of rotatable bonds is 7. The summed E-state index contributed by atoms with van der Waals surface area (Å²) in [6.45, 7) is 8.51. The number of carbonyl (C=O) groups is 1. The second kappa shape index (κ2) is 9.49. The fourth-order valence-electron chi connectivity index (χ4n) is 2.81. The summed E-state index contributed by atoms with van der Waals surface area (Å²) in [5.74, 6) is 0.888. The van der Waals surface area contributed by atoms with E-state index in [-0.39, 0.29) is 18.7 Å². The molecule has 0 spiro atoms. The molecule has 0 atom stereocenters. The van der Waals surface area contributed by atoms with Gasteiger partial charge in [0.15, 0.2) is 0 Å². The van der Waals surface area contributed by atoms with Crippen LogP contribution < -0.4 is 10.1 Å². The van der Waals surface area contributed by atoms with Gasteiger partial charge in [0.05, 0.1) is 12.7 Å². The number of urea groups is 1. The highest BCUT2D eigenvalue weighted by Crippen LogP contribution is 2.19. The Bertz CT molecular complexity index is 514. The molecule has 0 unspecified atom stereocenters. The summed E-state index contributed by atoms with van der Waals surface area (Å²) >= 11 is 0. The molecule has 24 heavy (non-hydrogen) atoms. The van der Waals surface area contributed by atoms with Crippen molar-refractivity contribution in [1.29, 1.82) is 0 Å². The van der Waals surface area contributed by atoms with Crippen molar-refractivity contribution in [3.8, 4) is 5.75 Å². The van der Waals surface area contributed by atoms with Gasteiger partial charge in [0.25, 0.3) is 0 Å². The number of ether oxygens (including phenoxy) is 1. The van der Waals surface area contributed by atoms with Crippen molar-refractivity contribution in [2.75, 3.05) is 45.9 Å². The summed E-state index contributed by atoms with van der Waals surface area (Å²) in [6.07, 6.45) is 0.884. The van der Waals surface area contributed by atoms with Gasteiger partial charge in [-0.3, -0.25) is 4.90 Å². The van der Waals surface area contributed by atoms with E-state index in [0.717, 1.165) is 30.8 Å². The second-order valence-electron chi connectivity index (χ2n) is 6.31. The smallest absolute Gasteiger partial charge is 0.317 e. The number of para-hydroxylation sites is 1. The van der Waals surface area contributed by atoms with Crippen LogP contribution in [0.5, 0.6) is 5.75 Å². The maximum absolute atomic E-state index is 12.2. The molecule has 0 bridgehead atoms. The number of hydrogen-bond donors (Lipinski definition) is 2. The number of aliphatic hydroxyl groups excluding tert-OH is 1. The predicted molar refractivity (Wildman–Crippen MR) is 94.4 cm³/mol. The van der Waals surface area contributed by atoms with E-state index in [1.165, 1.54) is 0 Å². The number of nitrogens with one attached hydrogen (secondary N) is 1. The molecule has 1 fully saturated rings. The van der Waals surface area contributed by atoms with E-state index in [2.05, 4.69) is 10.2 Å². The highest BCUT2D eigenvalue weighted by atomic mass is 16.5. The van der Waals surface area contributed by atoms with E-state index in [0.29, 0.717) is 26.2 Å². The van der Waals surface area contributed by atoms with Crippen LogP contribution in [0.15, 0.2) is 24.3 Å². The Morgan fingerprint density at radius 1 is 1.25 bits per heavy atom. The SMILES string of the molecule is CC(C)Oc1ccccc1CCNC(=O)N1CCN(CCO)CC1. The molecule has 2 amide bonds. The van der Waals surface area contributed by atoms with Crippen molar-refractivity contribution in [2.24, 2.45) is 0 Å². The normalized spacial score (nSPS) is 15.6. The molecule has 1 saturated heterocycles. The van der Waals surface area contributed by atoms with Crippen molar-refractivity contribution >= 4 is 6.03 Å². The van der Waals surface area contributed by atoms with Gasteiger partial charge in [-0.25, -0.2) is 4.79 Å². The zero-order valence-corrected chi connectivity index (χ0v) is 14.7. The quantitative estimate of drug-likeness (QED) is 0.789. The van der Waals surface area contributed by atoms with Crippen LogP contribution in [0.3, 0.4) is 0 Å². The molecule has 0 aromatic heterocycles. The fourth-order valence-corrected chi connectivity index (χ4v) is 2.81. The van der Waals surface area contributed by atoms with Crippen LogP contribution >= 0.6 is 0 Å². The molecule has 0 aliphatic carbocycles. The molecular formula is C18H29N3O3. The first-order valence-electron chi connectivity index (χ1n) is 8.70. The van der Waals surface area contributed by atoms with E-state index in [1.807, 2.05) is 43.0 Å². The van der Waals surface area contributed by atoms with Crippen LogP contribution in [-0.4, -0.2) is 72.9 Å². The van der Waals surface area contributed by atoms with Crippen molar-refractivity contribution in [3.63, 3.8) is 0 Å². The highest BCUT2D eigenvalue weighted by molar-refractivity contribution is 5.74. The van der Waals surface area contributed by atoms with Crippen molar-refractivity contribution < 1.29 is 14.6 Å². The van der Waals surface area contributed by atoms with Gasteiger partial charge >= 0.3 is 6.03 Å². The number of β-amino-alcohol motifs (C(OH)–C–C–N with tert-alkyl or cyclic N) is 1. The molecule has 0 saturated carbocycles. The standard InChI is InChI=1S/C18H29N3O3/c1-15(2)24-17-6-4-3-5-16(17)7-8-19-18(23)21-11-9-20(10-12-21)13-14-22/h3-6,15,22H,7-14H2,1-2H3,(H,19,23). The maximum Gasteiger partial charge on any atom is 0.317 e. The van der Waals surface area contributed by atoms with E-state index in [4.69, 9.17) is 9.84 Å². The van der Waals surface area contributed by atoms with Crippen LogP contribution in [0, 0.1) is 0 Å². The number of aliphatic hydroxyl groups is 1. The van der Waals surface area contributed by atoms with Crippen molar-refractivity contribution in [1.82, 2.24) is 15.1 Å². The molecule has 1 aliphatic heterocycles. The lowest BCUT2D eigenvalue weighted by Crippen LogP contribution is -2.52. The molecular weight excluding hydrogens is 306 g/mol. The topological polar surface area (TPSA) is 65.0 Å². The average Bonchev–Trinajstić information content (AvgIpc) is 2.57. The molecule has 0 radical (unpaired) electrons. The summed E-state index contributed by atoms with van der Waals surface area (Å²) in [6, 6.07) is 7.95. The Labute approximate surface area is 144 Å². The Morgan fingerprint density at radius 2 is 1.96 bits per heavy atom. The van der Waals surface area contributed by atoms with Crippen LogP contribution in [0.2, 0.25) is 0 Å². The monoisotopic (exact) mass is 335 g/mol. The van der Waals surface area contributed by atoms with Gasteiger partial charge in [-0.1, -0.05) is 18.2 Å². The number of nitrogens with zero attached hydrogens (tertiary/aromatic N) is 2. The first-order chi connectivity index (χ1) is 11.6. The predicted octanol–water partition coefficient (Wildman–Crippen LogP) is 1.34. The Hall–Kier alpha value is -1.79. The average molecular weight is 335 g/mol. The highest BCUT2D eigenvalue weighted by Gasteiger charge is 2.20. The van der Waals surface area contributed by atoms with E-state index in [1.54, 1.807) is 0 Å². The third-order valence-electron chi connectivity index (χ3n) is 4.08. The lowest BCUT2D eigenvalue weighted by Gasteiger charge is -2.34. The summed E-state index contributed by atoms with van der Waals surface area (Å²) in [7, 11) is 0. The van der Waals surface area contributed by atoms with Crippen molar-refractivity contribution in [2.45, 2.75) is 26.4 Å². The molecule has 6 nitrogen and oxygen atoms in total. The van der Waals surface area contributed by atoms with E-state index >= 15 is 0 Å². The minimum Gasteiger partial charge on any atom is -0.491 e. The summed E-state index contributed by atoms with van der Waals surface area (Å²) in [5.41, 5.74) is 1.11. The summed E-state index contributed by atoms with van der Waals surface area (Å²) < 4.78 is 5.80. The third kappa shape index (κ3) is 5.69. The molecule has 1 aliphatic rings. The van der Waals surface area contributed by atoms with Crippen LogP contribution in [-0.2, 0) is 6.42 Å². The summed E-state index contributed by atoms with van der Waals surface area (Å²) in [4.78, 5) is 16.2. The Balaban J connectivity index is 1.75. The van der Waals surface area contributed by atoms with Crippen LogP contribution in [0.4, 0.5) is 4.79 Å². The first-order valence-corrected chi connectivity index (χ1v) is 8.70. The molecule has 1 heterocycles. The minimum atomic E-state index is -0.0130. The largest absolute Gasteiger partial charge is 0.491 e. The molecule has 2 rings (SSSR count). The van der Waals surface area contributed by atoms with Gasteiger partial charge < -0.3 is 20.1 Å². The third-order valence-corrected chi connectivity index (χ3v) is 4.08. The molecule has 6 heteroatoms. The zero-order chi connectivity index (χ0) is 17.4. The van der Waals surface area contributed by atoms with Crippen molar-refractivity contribution in [3.05, 3.63) is 29.8 Å². The van der Waals surface area contributed by atoms with Gasteiger partial charge in [-0.15, -0.1) is 0 Å². The number of amides is 2. The molecule has 2 N–H and O–H groups in total. The van der Waals surface area contributed by atoms with Crippen LogP contribution in [0.25, 0.3) is 0 Å². The lowest BCUT2D eigenvalue weighted by molar-refractivity contribution is 0.122. The number of piperazine rings is 1. The Morgan fingerprint density at radius 3 is 2.62 bits per heavy atom. The van der Waals surface area contributed by atoms with Gasteiger partial charge in [0.1, 0.15) is 5.75 Å². The summed E-state index contributed by atoms with van der Waals surface area (Å²) in [5, 5.41) is 11.9. The minimum absolute atomic E-state index is 0.0130. The lowest BCUT2D eigenvalue weighted by atomic mass is 10.1. The number of carbonyl (C=O) groups excluding carboxylic acids is 1. The van der Waals surface area contributed by atoms with Gasteiger partial charge in [-0.2, -0.15) is 0 Å². The molecule has 1 aromatic rings. The van der Waals surface area contributed by atoms with Gasteiger partial charge in [0, 0.05) is 39.3 Å². The Kier molecular flexibility index (Phi) is 7.34.